The number of rotatable bonds is 4. The van der Waals surface area contributed by atoms with Gasteiger partial charge in [0, 0.05) is 5.56 Å². The monoisotopic (exact) mass is 292 g/mol. The Morgan fingerprint density at radius 2 is 2.20 bits per heavy atom. The van der Waals surface area contributed by atoms with Crippen LogP contribution < -0.4 is 0 Å². The van der Waals surface area contributed by atoms with Crippen LogP contribution in [0.3, 0.4) is 0 Å². The van der Waals surface area contributed by atoms with Crippen molar-refractivity contribution in [3.8, 4) is 11.4 Å². The van der Waals surface area contributed by atoms with Gasteiger partial charge in [-0.15, -0.1) is 0 Å². The standard InChI is InChI=1S/C14H13ClN2O3/c1-2-19-13(18)14(7-8-14)12-16-11(17-20-12)9-5-3-4-6-10(9)15/h3-6H,2,7-8H2,1H3. The number of hydrogen-bond acceptors (Lipinski definition) is 5. The molecule has 0 bridgehead atoms. The number of hydrogen-bond donors (Lipinski definition) is 0. The van der Waals surface area contributed by atoms with Crippen LogP contribution in [0.4, 0.5) is 0 Å². The SMILES string of the molecule is CCOC(=O)C1(c2nc(-c3ccccc3Cl)no2)CC1. The second-order valence-electron chi connectivity index (χ2n) is 4.71. The van der Waals surface area contributed by atoms with E-state index in [4.69, 9.17) is 20.9 Å². The fraction of sp³-hybridized carbons (Fsp3) is 0.357. The maximum Gasteiger partial charge on any atom is 0.321 e. The minimum Gasteiger partial charge on any atom is -0.465 e. The fourth-order valence-corrected chi connectivity index (χ4v) is 2.29. The van der Waals surface area contributed by atoms with Gasteiger partial charge in [-0.1, -0.05) is 28.9 Å². The molecule has 1 aliphatic carbocycles. The maximum absolute atomic E-state index is 12.0. The van der Waals surface area contributed by atoms with Crippen LogP contribution in [-0.4, -0.2) is 22.7 Å². The molecule has 6 heteroatoms. The number of ether oxygens (including phenoxy) is 1. The molecule has 3 rings (SSSR count). The van der Waals surface area contributed by atoms with Crippen LogP contribution in [0, 0.1) is 0 Å². The molecule has 104 valence electrons. The van der Waals surface area contributed by atoms with Gasteiger partial charge in [-0.05, 0) is 31.9 Å². The smallest absolute Gasteiger partial charge is 0.321 e. The molecule has 1 aromatic carbocycles. The lowest BCUT2D eigenvalue weighted by molar-refractivity contribution is -0.146. The van der Waals surface area contributed by atoms with E-state index in [0.717, 1.165) is 0 Å². The average Bonchev–Trinajstić information content (AvgIpc) is 3.12. The third kappa shape index (κ3) is 2.08. The molecular weight excluding hydrogens is 280 g/mol. The lowest BCUT2D eigenvalue weighted by atomic mass is 10.1. The van der Waals surface area contributed by atoms with Crippen LogP contribution in [0.5, 0.6) is 0 Å². The van der Waals surface area contributed by atoms with Crippen molar-refractivity contribution in [2.24, 2.45) is 0 Å². The lowest BCUT2D eigenvalue weighted by Gasteiger charge is -2.08. The first-order valence-corrected chi connectivity index (χ1v) is 6.81. The van der Waals surface area contributed by atoms with Crippen molar-refractivity contribution in [2.45, 2.75) is 25.2 Å². The Kier molecular flexibility index (Phi) is 3.22. The van der Waals surface area contributed by atoms with Crippen molar-refractivity contribution in [3.05, 3.63) is 35.2 Å². The largest absolute Gasteiger partial charge is 0.465 e. The minimum atomic E-state index is -0.748. The van der Waals surface area contributed by atoms with Crippen molar-refractivity contribution in [2.75, 3.05) is 6.61 Å². The molecule has 0 unspecified atom stereocenters. The molecule has 0 saturated heterocycles. The summed E-state index contributed by atoms with van der Waals surface area (Å²) >= 11 is 6.10. The summed E-state index contributed by atoms with van der Waals surface area (Å²) in [6, 6.07) is 7.23. The van der Waals surface area contributed by atoms with Gasteiger partial charge in [0.05, 0.1) is 11.6 Å². The summed E-state index contributed by atoms with van der Waals surface area (Å²) in [6.07, 6.45) is 1.35. The first kappa shape index (κ1) is 13.1. The molecule has 20 heavy (non-hydrogen) atoms. The Bertz CT molecular complexity index is 649. The van der Waals surface area contributed by atoms with Crippen LogP contribution in [0.2, 0.25) is 5.02 Å². The second kappa shape index (κ2) is 4.90. The van der Waals surface area contributed by atoms with E-state index >= 15 is 0 Å². The van der Waals surface area contributed by atoms with E-state index in [1.165, 1.54) is 0 Å². The van der Waals surface area contributed by atoms with Crippen molar-refractivity contribution in [1.29, 1.82) is 0 Å². The molecule has 0 spiro atoms. The highest BCUT2D eigenvalue weighted by molar-refractivity contribution is 6.33. The van der Waals surface area contributed by atoms with E-state index in [-0.39, 0.29) is 5.97 Å². The van der Waals surface area contributed by atoms with Crippen molar-refractivity contribution in [1.82, 2.24) is 10.1 Å². The first-order chi connectivity index (χ1) is 9.67. The summed E-state index contributed by atoms with van der Waals surface area (Å²) in [5.41, 5.74) is -0.0634. The first-order valence-electron chi connectivity index (χ1n) is 6.43. The Hall–Kier alpha value is -1.88. The molecule has 0 radical (unpaired) electrons. The number of esters is 1. The van der Waals surface area contributed by atoms with Gasteiger partial charge in [0.1, 0.15) is 5.41 Å². The quantitative estimate of drug-likeness (QED) is 0.811. The van der Waals surface area contributed by atoms with E-state index in [0.29, 0.717) is 41.7 Å². The highest BCUT2D eigenvalue weighted by atomic mass is 35.5. The molecule has 0 N–H and O–H groups in total. The van der Waals surface area contributed by atoms with E-state index in [2.05, 4.69) is 10.1 Å². The summed E-state index contributed by atoms with van der Waals surface area (Å²) < 4.78 is 10.3. The van der Waals surface area contributed by atoms with E-state index in [1.807, 2.05) is 12.1 Å². The van der Waals surface area contributed by atoms with Crippen LogP contribution in [-0.2, 0) is 14.9 Å². The van der Waals surface area contributed by atoms with Crippen LogP contribution >= 0.6 is 11.6 Å². The van der Waals surface area contributed by atoms with Gasteiger partial charge in [0.2, 0.25) is 11.7 Å². The average molecular weight is 293 g/mol. The van der Waals surface area contributed by atoms with Gasteiger partial charge in [-0.2, -0.15) is 4.98 Å². The molecule has 0 amide bonds. The lowest BCUT2D eigenvalue weighted by Crippen LogP contribution is -2.23. The summed E-state index contributed by atoms with van der Waals surface area (Å²) in [5, 5.41) is 4.46. The zero-order valence-electron chi connectivity index (χ0n) is 10.9. The fourth-order valence-electron chi connectivity index (χ4n) is 2.07. The number of nitrogens with zero attached hydrogens (tertiary/aromatic N) is 2. The van der Waals surface area contributed by atoms with Gasteiger partial charge in [0.25, 0.3) is 0 Å². The Morgan fingerprint density at radius 1 is 1.45 bits per heavy atom. The molecule has 2 aromatic rings. The van der Waals surface area contributed by atoms with Crippen molar-refractivity contribution < 1.29 is 14.1 Å². The number of benzene rings is 1. The predicted octanol–water partition coefficient (Wildman–Crippen LogP) is 2.98. The van der Waals surface area contributed by atoms with E-state index in [9.17, 15) is 4.79 Å². The van der Waals surface area contributed by atoms with Crippen LogP contribution in [0.1, 0.15) is 25.7 Å². The Labute approximate surface area is 120 Å². The van der Waals surface area contributed by atoms with E-state index < -0.39 is 5.41 Å². The zero-order valence-corrected chi connectivity index (χ0v) is 11.7. The molecular formula is C14H13ClN2O3. The van der Waals surface area contributed by atoms with Gasteiger partial charge in [0.15, 0.2) is 0 Å². The highest BCUT2D eigenvalue weighted by Gasteiger charge is 2.57. The topological polar surface area (TPSA) is 65.2 Å². The van der Waals surface area contributed by atoms with Gasteiger partial charge >= 0.3 is 5.97 Å². The van der Waals surface area contributed by atoms with Crippen molar-refractivity contribution in [3.63, 3.8) is 0 Å². The number of halogens is 1. The van der Waals surface area contributed by atoms with Crippen LogP contribution in [0.25, 0.3) is 11.4 Å². The van der Waals surface area contributed by atoms with Gasteiger partial charge in [-0.3, -0.25) is 4.79 Å². The Morgan fingerprint density at radius 3 is 2.85 bits per heavy atom. The highest BCUT2D eigenvalue weighted by Crippen LogP contribution is 2.48. The summed E-state index contributed by atoms with van der Waals surface area (Å²) in [4.78, 5) is 16.3. The minimum absolute atomic E-state index is 0.297. The van der Waals surface area contributed by atoms with Crippen molar-refractivity contribution >= 4 is 17.6 Å². The maximum atomic E-state index is 12.0. The normalized spacial score (nSPS) is 15.9. The summed E-state index contributed by atoms with van der Waals surface area (Å²) in [6.45, 7) is 2.11. The van der Waals surface area contributed by atoms with Gasteiger partial charge in [-0.25, -0.2) is 0 Å². The molecule has 1 aliphatic rings. The van der Waals surface area contributed by atoms with Crippen LogP contribution in [0.15, 0.2) is 28.8 Å². The molecule has 1 aromatic heterocycles. The zero-order chi connectivity index (χ0) is 14.2. The predicted molar refractivity (Wildman–Crippen MR) is 72.3 cm³/mol. The molecule has 1 saturated carbocycles. The second-order valence-corrected chi connectivity index (χ2v) is 5.11. The number of carbonyl (C=O) groups excluding carboxylic acids is 1. The number of aromatic nitrogens is 2. The summed E-state index contributed by atoms with van der Waals surface area (Å²) in [5.74, 6) is 0.404. The third-order valence-corrected chi connectivity index (χ3v) is 3.70. The molecule has 1 heterocycles. The molecule has 5 nitrogen and oxygen atoms in total. The van der Waals surface area contributed by atoms with Gasteiger partial charge < -0.3 is 9.26 Å². The number of carbonyl (C=O) groups is 1. The van der Waals surface area contributed by atoms with E-state index in [1.54, 1.807) is 19.1 Å². The Balaban J connectivity index is 1.92. The molecule has 0 atom stereocenters. The molecule has 1 fully saturated rings. The summed E-state index contributed by atoms with van der Waals surface area (Å²) in [7, 11) is 0. The third-order valence-electron chi connectivity index (χ3n) is 3.37. The molecule has 0 aliphatic heterocycles.